The molecule has 0 heterocycles. The number of hydrogen-bond donors (Lipinski definition) is 0. The minimum atomic E-state index is -0.552. The van der Waals surface area contributed by atoms with Crippen molar-refractivity contribution in [3.05, 3.63) is 33.3 Å². The van der Waals surface area contributed by atoms with Gasteiger partial charge in [-0.05, 0) is 0 Å². The van der Waals surface area contributed by atoms with Crippen molar-refractivity contribution in [1.82, 2.24) is 0 Å². The second-order valence-electron chi connectivity index (χ2n) is 2.21. The van der Waals surface area contributed by atoms with Crippen LogP contribution in [-0.2, 0) is 19.5 Å². The maximum Gasteiger partial charge on any atom is 2.00 e. The SMILES string of the molecule is COc1cc([N+](=O)[O-])ccc1[N+]#N.Cl.[Cl-].[Zn+2]. The molecule has 1 rings (SSSR count). The maximum atomic E-state index is 10.3. The van der Waals surface area contributed by atoms with Crippen molar-refractivity contribution in [3.8, 4) is 5.75 Å². The quantitative estimate of drug-likeness (QED) is 0.319. The largest absolute Gasteiger partial charge is 2.00 e. The number of nitrogens with zero attached hydrogens (tertiary/aromatic N) is 3. The molecular weight excluding hydrogens is 310 g/mol. The first-order valence-corrected chi connectivity index (χ1v) is 3.36. The van der Waals surface area contributed by atoms with Crippen LogP contribution in [0.25, 0.3) is 4.98 Å². The summed E-state index contributed by atoms with van der Waals surface area (Å²) in [4.78, 5) is 12.7. The molecule has 0 atom stereocenters. The van der Waals surface area contributed by atoms with Crippen LogP contribution in [0.15, 0.2) is 18.2 Å². The summed E-state index contributed by atoms with van der Waals surface area (Å²) in [5.41, 5.74) is 0.0531. The summed E-state index contributed by atoms with van der Waals surface area (Å²) in [6, 6.07) is 3.73. The Morgan fingerprint density at radius 2 is 2.06 bits per heavy atom. The number of nitro groups is 1. The van der Waals surface area contributed by atoms with Gasteiger partial charge in [-0.3, -0.25) is 10.1 Å². The fourth-order valence-electron chi connectivity index (χ4n) is 0.862. The number of hydrogen-bond acceptors (Lipinski definition) is 4. The van der Waals surface area contributed by atoms with Crippen molar-refractivity contribution < 1.29 is 41.5 Å². The van der Waals surface area contributed by atoms with Crippen LogP contribution < -0.4 is 17.1 Å². The Bertz CT molecular complexity index is 397. The van der Waals surface area contributed by atoms with E-state index in [2.05, 4.69) is 4.98 Å². The summed E-state index contributed by atoms with van der Waals surface area (Å²) < 4.78 is 4.77. The summed E-state index contributed by atoms with van der Waals surface area (Å²) in [7, 11) is 1.34. The van der Waals surface area contributed by atoms with Gasteiger partial charge in [-0.1, -0.05) is 0 Å². The van der Waals surface area contributed by atoms with Crippen LogP contribution >= 0.6 is 12.4 Å². The Balaban J connectivity index is -0.000000563. The second kappa shape index (κ2) is 9.28. The fraction of sp³-hybridized carbons (Fsp3) is 0.143. The molecule has 82 valence electrons. The summed E-state index contributed by atoms with van der Waals surface area (Å²) in [6.07, 6.45) is 0. The molecule has 0 saturated heterocycles. The number of diazo groups is 1. The molecule has 0 amide bonds. The summed E-state index contributed by atoms with van der Waals surface area (Å²) in [5.74, 6) is 0.164. The van der Waals surface area contributed by atoms with Crippen LogP contribution in [0.5, 0.6) is 5.75 Å². The number of nitro benzene ring substituents is 1. The normalized spacial score (nSPS) is 7.25. The molecule has 0 aliphatic carbocycles. The van der Waals surface area contributed by atoms with Gasteiger partial charge in [0.1, 0.15) is 0 Å². The van der Waals surface area contributed by atoms with Gasteiger partial charge >= 0.3 is 25.2 Å². The van der Waals surface area contributed by atoms with Crippen LogP contribution in [0.4, 0.5) is 11.4 Å². The first-order valence-electron chi connectivity index (χ1n) is 3.36. The Morgan fingerprint density at radius 3 is 2.44 bits per heavy atom. The zero-order valence-corrected chi connectivity index (χ0v) is 12.8. The first kappa shape index (κ1) is 20.5. The molecule has 1 aromatic carbocycles. The van der Waals surface area contributed by atoms with E-state index < -0.39 is 4.92 Å². The Morgan fingerprint density at radius 1 is 1.50 bits per heavy atom. The molecule has 6 nitrogen and oxygen atoms in total. The average Bonchev–Trinajstić information content (AvgIpc) is 2.16. The van der Waals surface area contributed by atoms with Gasteiger partial charge in [-0.15, -0.1) is 12.4 Å². The van der Waals surface area contributed by atoms with E-state index in [1.807, 2.05) is 0 Å². The predicted molar refractivity (Wildman–Crippen MR) is 51.6 cm³/mol. The molecule has 0 fully saturated rings. The minimum Gasteiger partial charge on any atom is -1.00 e. The van der Waals surface area contributed by atoms with Crippen LogP contribution in [-0.4, -0.2) is 12.0 Å². The number of halogens is 2. The maximum absolute atomic E-state index is 10.3. The van der Waals surface area contributed by atoms with E-state index in [4.69, 9.17) is 10.1 Å². The van der Waals surface area contributed by atoms with Gasteiger partial charge in [0.05, 0.1) is 18.1 Å². The molecule has 0 saturated carbocycles. The summed E-state index contributed by atoms with van der Waals surface area (Å²) >= 11 is 0. The molecule has 0 aromatic heterocycles. The van der Waals surface area contributed by atoms with Gasteiger partial charge in [0.25, 0.3) is 5.69 Å². The van der Waals surface area contributed by atoms with Gasteiger partial charge in [0.15, 0.2) is 4.98 Å². The molecule has 0 aliphatic rings. The molecule has 0 aliphatic heterocycles. The predicted octanol–water partition coefficient (Wildman–Crippen LogP) is -0.489. The third kappa shape index (κ3) is 4.71. The fourth-order valence-corrected chi connectivity index (χ4v) is 0.862. The van der Waals surface area contributed by atoms with Gasteiger partial charge in [0.2, 0.25) is 11.1 Å². The standard InChI is InChI=1S/C7H6N3O3.2ClH.Zn/c1-13-7-4-5(10(11)12)2-3-6(7)9-8;;;/h2-4H,1H3;2*1H;/q+1;;;+2/p-1. The van der Waals surface area contributed by atoms with Crippen LogP contribution in [0.1, 0.15) is 0 Å². The van der Waals surface area contributed by atoms with E-state index in [0.717, 1.165) is 0 Å². The average molecular weight is 317 g/mol. The topological polar surface area (TPSA) is 80.5 Å². The molecular formula is C7H7Cl2N3O3Zn+2. The van der Waals surface area contributed by atoms with E-state index >= 15 is 0 Å². The van der Waals surface area contributed by atoms with Crippen LogP contribution in [0.3, 0.4) is 0 Å². The number of ether oxygens (including phenoxy) is 1. The zero-order valence-electron chi connectivity index (χ0n) is 8.29. The Kier molecular flexibility index (Phi) is 11.9. The van der Waals surface area contributed by atoms with Crippen molar-refractivity contribution in [2.75, 3.05) is 7.11 Å². The Hall–Kier alpha value is -0.957. The molecule has 9 heteroatoms. The molecule has 0 radical (unpaired) electrons. The van der Waals surface area contributed by atoms with Crippen LogP contribution in [0, 0.1) is 15.5 Å². The van der Waals surface area contributed by atoms with Crippen molar-refractivity contribution >= 4 is 23.8 Å². The monoisotopic (exact) mass is 315 g/mol. The van der Waals surface area contributed by atoms with Gasteiger partial charge in [0, 0.05) is 12.1 Å². The first-order chi connectivity index (χ1) is 6.19. The number of benzene rings is 1. The molecule has 16 heavy (non-hydrogen) atoms. The minimum absolute atomic E-state index is 0. The van der Waals surface area contributed by atoms with Crippen molar-refractivity contribution in [2.24, 2.45) is 0 Å². The van der Waals surface area contributed by atoms with Gasteiger partial charge in [-0.2, -0.15) is 0 Å². The third-order valence-corrected chi connectivity index (χ3v) is 1.48. The summed E-state index contributed by atoms with van der Waals surface area (Å²) in [6.45, 7) is 0. The van der Waals surface area contributed by atoms with Gasteiger partial charge in [-0.25, -0.2) is 0 Å². The van der Waals surface area contributed by atoms with E-state index in [1.165, 1.54) is 25.3 Å². The Labute approximate surface area is 117 Å². The van der Waals surface area contributed by atoms with E-state index in [0.29, 0.717) is 0 Å². The number of non-ortho nitro benzene ring substituents is 1. The van der Waals surface area contributed by atoms with Gasteiger partial charge < -0.3 is 17.1 Å². The van der Waals surface area contributed by atoms with Crippen molar-refractivity contribution in [1.29, 1.82) is 5.39 Å². The molecule has 0 bridgehead atoms. The molecule has 1 aromatic rings. The molecule has 0 N–H and O–H groups in total. The summed E-state index contributed by atoms with van der Waals surface area (Å²) in [5, 5.41) is 18.8. The molecule has 0 spiro atoms. The van der Waals surface area contributed by atoms with E-state index in [1.54, 1.807) is 0 Å². The second-order valence-corrected chi connectivity index (χ2v) is 2.21. The number of rotatable bonds is 2. The molecule has 0 unspecified atom stereocenters. The van der Waals surface area contributed by atoms with E-state index in [9.17, 15) is 10.1 Å². The van der Waals surface area contributed by atoms with E-state index in [-0.39, 0.29) is 61.4 Å². The third-order valence-electron chi connectivity index (χ3n) is 1.48. The number of methoxy groups -OCH3 is 1. The van der Waals surface area contributed by atoms with Crippen molar-refractivity contribution in [3.63, 3.8) is 0 Å². The van der Waals surface area contributed by atoms with Crippen molar-refractivity contribution in [2.45, 2.75) is 0 Å². The smallest absolute Gasteiger partial charge is 1.00 e. The zero-order chi connectivity index (χ0) is 9.84. The van der Waals surface area contributed by atoms with Crippen LogP contribution in [0.2, 0.25) is 0 Å².